The number of carbonyl (C=O) groups is 1. The SMILES string of the molecule is Cn1cc(C(=O)NNc2ccccc2[N+](=O)[O-])cn1. The lowest BCUT2D eigenvalue weighted by Crippen LogP contribution is -2.29. The first-order chi connectivity index (χ1) is 9.08. The van der Waals surface area contributed by atoms with Gasteiger partial charge in [0, 0.05) is 19.3 Å². The molecule has 8 nitrogen and oxygen atoms in total. The molecule has 0 aliphatic heterocycles. The lowest BCUT2D eigenvalue weighted by atomic mass is 10.3. The molecule has 0 radical (unpaired) electrons. The Bertz CT molecular complexity index is 622. The maximum atomic E-state index is 11.7. The molecule has 0 spiro atoms. The number of aryl methyl sites for hydroxylation is 1. The normalized spacial score (nSPS) is 9.95. The Morgan fingerprint density at radius 3 is 2.79 bits per heavy atom. The van der Waals surface area contributed by atoms with E-state index >= 15 is 0 Å². The van der Waals surface area contributed by atoms with E-state index in [9.17, 15) is 14.9 Å². The fourth-order valence-electron chi connectivity index (χ4n) is 1.47. The topological polar surface area (TPSA) is 102 Å². The van der Waals surface area contributed by atoms with E-state index in [2.05, 4.69) is 16.0 Å². The molecule has 1 heterocycles. The Labute approximate surface area is 108 Å². The van der Waals surface area contributed by atoms with E-state index in [-0.39, 0.29) is 11.4 Å². The second kappa shape index (κ2) is 5.17. The van der Waals surface area contributed by atoms with Gasteiger partial charge < -0.3 is 0 Å². The number of amides is 1. The van der Waals surface area contributed by atoms with Gasteiger partial charge in [-0.3, -0.25) is 30.4 Å². The van der Waals surface area contributed by atoms with Gasteiger partial charge in [-0.15, -0.1) is 0 Å². The van der Waals surface area contributed by atoms with Crippen molar-refractivity contribution in [2.24, 2.45) is 7.05 Å². The van der Waals surface area contributed by atoms with Crippen LogP contribution in [-0.4, -0.2) is 20.6 Å². The van der Waals surface area contributed by atoms with Crippen LogP contribution in [0.1, 0.15) is 10.4 Å². The van der Waals surface area contributed by atoms with Gasteiger partial charge in [0.15, 0.2) is 0 Å². The minimum Gasteiger partial charge on any atom is -0.292 e. The van der Waals surface area contributed by atoms with E-state index < -0.39 is 10.8 Å². The third kappa shape index (κ3) is 2.86. The maximum absolute atomic E-state index is 11.7. The van der Waals surface area contributed by atoms with Gasteiger partial charge in [0.25, 0.3) is 11.6 Å². The highest BCUT2D eigenvalue weighted by Crippen LogP contribution is 2.22. The zero-order valence-electron chi connectivity index (χ0n) is 10.0. The average Bonchev–Trinajstić information content (AvgIpc) is 2.83. The molecule has 2 rings (SSSR count). The number of hydrogen-bond donors (Lipinski definition) is 2. The molecule has 0 aliphatic carbocycles. The standard InChI is InChI=1S/C11H11N5O3/c1-15-7-8(6-12-15)11(17)14-13-9-4-2-3-5-10(9)16(18)19/h2-7,13H,1H3,(H,14,17). The molecule has 1 aromatic carbocycles. The summed E-state index contributed by atoms with van der Waals surface area (Å²) in [4.78, 5) is 22.0. The third-order valence-electron chi connectivity index (χ3n) is 2.38. The molecule has 1 aromatic heterocycles. The predicted octanol–water partition coefficient (Wildman–Crippen LogP) is 1.09. The highest BCUT2D eigenvalue weighted by atomic mass is 16.6. The second-order valence-corrected chi connectivity index (χ2v) is 3.76. The van der Waals surface area contributed by atoms with Gasteiger partial charge >= 0.3 is 0 Å². The molecular weight excluding hydrogens is 250 g/mol. The van der Waals surface area contributed by atoms with Gasteiger partial charge in [0.05, 0.1) is 16.7 Å². The van der Waals surface area contributed by atoms with Gasteiger partial charge in [-0.2, -0.15) is 5.10 Å². The minimum atomic E-state index is -0.529. The zero-order chi connectivity index (χ0) is 13.8. The van der Waals surface area contributed by atoms with Crippen LogP contribution in [0.4, 0.5) is 11.4 Å². The molecule has 2 N–H and O–H groups in total. The molecule has 1 amide bonds. The van der Waals surface area contributed by atoms with Crippen LogP contribution in [0.2, 0.25) is 0 Å². The molecule has 0 saturated carbocycles. The molecular formula is C11H11N5O3. The number of nitro benzene ring substituents is 1. The van der Waals surface area contributed by atoms with Crippen molar-refractivity contribution in [2.45, 2.75) is 0 Å². The monoisotopic (exact) mass is 261 g/mol. The van der Waals surface area contributed by atoms with E-state index in [0.29, 0.717) is 5.56 Å². The van der Waals surface area contributed by atoms with E-state index in [1.54, 1.807) is 19.2 Å². The zero-order valence-corrected chi connectivity index (χ0v) is 10.0. The number of para-hydroxylation sites is 2. The van der Waals surface area contributed by atoms with Gasteiger partial charge in [-0.1, -0.05) is 12.1 Å². The van der Waals surface area contributed by atoms with Crippen molar-refractivity contribution in [3.05, 3.63) is 52.3 Å². The van der Waals surface area contributed by atoms with Gasteiger partial charge in [0.2, 0.25) is 0 Å². The van der Waals surface area contributed by atoms with Crippen LogP contribution < -0.4 is 10.9 Å². The summed E-state index contributed by atoms with van der Waals surface area (Å²) in [5, 5.41) is 14.6. The number of rotatable bonds is 4. The Balaban J connectivity index is 2.07. The number of hydrazine groups is 1. The number of aromatic nitrogens is 2. The van der Waals surface area contributed by atoms with Crippen LogP contribution in [0.25, 0.3) is 0 Å². The van der Waals surface area contributed by atoms with Crippen molar-refractivity contribution in [1.82, 2.24) is 15.2 Å². The van der Waals surface area contributed by atoms with Gasteiger partial charge in [-0.05, 0) is 6.07 Å². The van der Waals surface area contributed by atoms with Crippen molar-refractivity contribution in [2.75, 3.05) is 5.43 Å². The summed E-state index contributed by atoms with van der Waals surface area (Å²) in [6, 6.07) is 6.03. The molecule has 0 atom stereocenters. The Morgan fingerprint density at radius 2 is 2.16 bits per heavy atom. The highest BCUT2D eigenvalue weighted by Gasteiger charge is 2.13. The highest BCUT2D eigenvalue weighted by molar-refractivity contribution is 5.94. The molecule has 0 bridgehead atoms. The number of nitrogens with zero attached hydrogens (tertiary/aromatic N) is 3. The van der Waals surface area contributed by atoms with Crippen molar-refractivity contribution in [1.29, 1.82) is 0 Å². The summed E-state index contributed by atoms with van der Waals surface area (Å²) < 4.78 is 1.49. The fourth-order valence-corrected chi connectivity index (χ4v) is 1.47. The van der Waals surface area contributed by atoms with Crippen molar-refractivity contribution < 1.29 is 9.72 Å². The van der Waals surface area contributed by atoms with E-state index in [1.807, 2.05) is 0 Å². The average molecular weight is 261 g/mol. The first-order valence-electron chi connectivity index (χ1n) is 5.36. The Morgan fingerprint density at radius 1 is 1.42 bits per heavy atom. The molecule has 0 fully saturated rings. The first kappa shape index (κ1) is 12.6. The molecule has 0 aliphatic rings. The summed E-state index contributed by atoms with van der Waals surface area (Å²) >= 11 is 0. The number of nitro groups is 1. The predicted molar refractivity (Wildman–Crippen MR) is 67.4 cm³/mol. The first-order valence-corrected chi connectivity index (χ1v) is 5.36. The van der Waals surface area contributed by atoms with Gasteiger partial charge in [-0.25, -0.2) is 0 Å². The van der Waals surface area contributed by atoms with Crippen LogP contribution >= 0.6 is 0 Å². The number of hydrogen-bond acceptors (Lipinski definition) is 5. The van der Waals surface area contributed by atoms with Crippen LogP contribution in [0.3, 0.4) is 0 Å². The third-order valence-corrected chi connectivity index (χ3v) is 2.38. The lowest BCUT2D eigenvalue weighted by molar-refractivity contribution is -0.384. The maximum Gasteiger partial charge on any atom is 0.294 e. The smallest absolute Gasteiger partial charge is 0.292 e. The molecule has 0 saturated heterocycles. The van der Waals surface area contributed by atoms with Crippen LogP contribution in [0.5, 0.6) is 0 Å². The largest absolute Gasteiger partial charge is 0.294 e. The van der Waals surface area contributed by atoms with Crippen molar-refractivity contribution in [3.63, 3.8) is 0 Å². The van der Waals surface area contributed by atoms with Crippen molar-refractivity contribution in [3.8, 4) is 0 Å². The van der Waals surface area contributed by atoms with Crippen LogP contribution in [-0.2, 0) is 7.05 Å². The second-order valence-electron chi connectivity index (χ2n) is 3.76. The quantitative estimate of drug-likeness (QED) is 0.633. The lowest BCUT2D eigenvalue weighted by Gasteiger charge is -2.07. The summed E-state index contributed by atoms with van der Waals surface area (Å²) in [5.74, 6) is -0.425. The summed E-state index contributed by atoms with van der Waals surface area (Å²) in [7, 11) is 1.69. The minimum absolute atomic E-state index is 0.117. The molecule has 19 heavy (non-hydrogen) atoms. The summed E-state index contributed by atoms with van der Waals surface area (Å²) in [6.45, 7) is 0. The summed E-state index contributed by atoms with van der Waals surface area (Å²) in [5.41, 5.74) is 5.35. The van der Waals surface area contributed by atoms with Gasteiger partial charge in [0.1, 0.15) is 5.69 Å². The van der Waals surface area contributed by atoms with E-state index in [0.717, 1.165) is 0 Å². The number of nitrogens with one attached hydrogen (secondary N) is 2. The van der Waals surface area contributed by atoms with E-state index in [1.165, 1.54) is 29.2 Å². The Hall–Kier alpha value is -2.90. The van der Waals surface area contributed by atoms with Crippen LogP contribution in [0, 0.1) is 10.1 Å². The molecule has 98 valence electrons. The molecule has 8 heteroatoms. The van der Waals surface area contributed by atoms with E-state index in [4.69, 9.17) is 0 Å². The summed E-state index contributed by atoms with van der Waals surface area (Å²) in [6.07, 6.45) is 2.94. The number of anilines is 1. The molecule has 0 unspecified atom stereocenters. The Kier molecular flexibility index (Phi) is 3.42. The number of carbonyl (C=O) groups excluding carboxylic acids is 1. The molecule has 2 aromatic rings. The fraction of sp³-hybridized carbons (Fsp3) is 0.0909. The van der Waals surface area contributed by atoms with Crippen molar-refractivity contribution >= 4 is 17.3 Å². The number of benzene rings is 1. The van der Waals surface area contributed by atoms with Crippen LogP contribution in [0.15, 0.2) is 36.7 Å².